The number of sulfonamides is 1. The third kappa shape index (κ3) is 5.64. The van der Waals surface area contributed by atoms with Crippen molar-refractivity contribution in [2.24, 2.45) is 0 Å². The molecule has 11 nitrogen and oxygen atoms in total. The highest BCUT2D eigenvalue weighted by atomic mass is 32.2. The van der Waals surface area contributed by atoms with Crippen molar-refractivity contribution in [3.63, 3.8) is 0 Å². The second-order valence-corrected chi connectivity index (χ2v) is 14.0. The maximum absolute atomic E-state index is 17.6. The van der Waals surface area contributed by atoms with Crippen LogP contribution in [0.5, 0.6) is 5.75 Å². The number of carbonyl (C=O) groups excluding carboxylic acids is 1. The normalized spacial score (nSPS) is 13.7. The van der Waals surface area contributed by atoms with E-state index in [2.05, 4.69) is 25.3 Å². The van der Waals surface area contributed by atoms with E-state index in [1.807, 2.05) is 0 Å². The number of methoxy groups -OCH3 is 1. The number of imidazole rings is 1. The number of carbonyl (C=O) groups is 1. The molecule has 3 aromatic carbocycles. The van der Waals surface area contributed by atoms with Gasteiger partial charge in [0, 0.05) is 48.5 Å². The van der Waals surface area contributed by atoms with Crippen molar-refractivity contribution in [2.45, 2.75) is 32.2 Å². The van der Waals surface area contributed by atoms with Crippen LogP contribution in [0.15, 0.2) is 77.7 Å². The van der Waals surface area contributed by atoms with Crippen molar-refractivity contribution >= 4 is 32.6 Å². The minimum Gasteiger partial charge on any atom is -0.496 e. The number of aromatic nitrogens is 4. The van der Waals surface area contributed by atoms with Crippen LogP contribution in [0.25, 0.3) is 44.8 Å². The van der Waals surface area contributed by atoms with Gasteiger partial charge in [-0.1, -0.05) is 0 Å². The number of amides is 1. The number of halogens is 2. The molecule has 1 aliphatic carbocycles. The molecule has 2 N–H and O–H groups in total. The van der Waals surface area contributed by atoms with Crippen LogP contribution in [-0.4, -0.2) is 54.2 Å². The lowest BCUT2D eigenvalue weighted by atomic mass is 9.92. The maximum atomic E-state index is 17.6. The predicted molar refractivity (Wildman–Crippen MR) is 184 cm³/mol. The summed E-state index contributed by atoms with van der Waals surface area (Å²) in [7, 11) is -2.51. The molecular weight excluding hydrogens is 666 g/mol. The first-order valence-corrected chi connectivity index (χ1v) is 17.6. The van der Waals surface area contributed by atoms with Crippen LogP contribution < -0.4 is 14.4 Å². The third-order valence-corrected chi connectivity index (χ3v) is 10.1. The molecule has 256 valence electrons. The number of nitrogens with one attached hydrogen (secondary N) is 2. The summed E-state index contributed by atoms with van der Waals surface area (Å²) in [4.78, 5) is 30.0. The number of nitrogens with zero attached hydrogens (tertiary/aromatic N) is 4. The molecule has 1 fully saturated rings. The Kier molecular flexibility index (Phi) is 8.13. The number of aryl methyl sites for hydroxylation is 1. The van der Waals surface area contributed by atoms with Gasteiger partial charge in [0.1, 0.15) is 40.1 Å². The van der Waals surface area contributed by atoms with E-state index >= 15 is 4.39 Å². The van der Waals surface area contributed by atoms with Gasteiger partial charge in [0.25, 0.3) is 5.91 Å². The van der Waals surface area contributed by atoms with Gasteiger partial charge in [-0.25, -0.2) is 32.2 Å². The van der Waals surface area contributed by atoms with E-state index in [4.69, 9.17) is 9.15 Å². The minimum atomic E-state index is -3.94. The predicted octanol–water partition coefficient (Wildman–Crippen LogP) is 6.75. The molecule has 14 heteroatoms. The third-order valence-electron chi connectivity index (χ3n) is 8.85. The second kappa shape index (κ2) is 12.4. The molecule has 1 amide bonds. The Balaban J connectivity index is 1.49. The number of rotatable bonds is 10. The lowest BCUT2D eigenvalue weighted by Crippen LogP contribution is -2.36. The smallest absolute Gasteiger partial charge is 0.255 e. The zero-order valence-electron chi connectivity index (χ0n) is 27.5. The van der Waals surface area contributed by atoms with Gasteiger partial charge in [-0.15, -0.1) is 0 Å². The van der Waals surface area contributed by atoms with Crippen molar-refractivity contribution in [3.8, 4) is 39.6 Å². The summed E-state index contributed by atoms with van der Waals surface area (Å²) in [6.07, 6.45) is 8.58. The van der Waals surface area contributed by atoms with Gasteiger partial charge in [0.05, 0.1) is 35.6 Å². The van der Waals surface area contributed by atoms with E-state index in [0.29, 0.717) is 29.8 Å². The number of aromatic amines is 1. The molecule has 0 unspecified atom stereocenters. The summed E-state index contributed by atoms with van der Waals surface area (Å²) in [5.74, 6) is -0.573. The lowest BCUT2D eigenvalue weighted by molar-refractivity contribution is 0.0925. The van der Waals surface area contributed by atoms with E-state index in [1.54, 1.807) is 44.6 Å². The van der Waals surface area contributed by atoms with E-state index in [1.165, 1.54) is 49.7 Å². The van der Waals surface area contributed by atoms with Gasteiger partial charge in [-0.2, -0.15) is 0 Å². The van der Waals surface area contributed by atoms with E-state index < -0.39 is 33.1 Å². The molecule has 0 saturated heterocycles. The number of benzene rings is 3. The minimum absolute atomic E-state index is 0.00127. The molecule has 0 bridgehead atoms. The quantitative estimate of drug-likeness (QED) is 0.160. The van der Waals surface area contributed by atoms with Gasteiger partial charge in [-0.3, -0.25) is 9.10 Å². The van der Waals surface area contributed by atoms with Gasteiger partial charge in [0.2, 0.25) is 10.0 Å². The Hall–Kier alpha value is -5.63. The van der Waals surface area contributed by atoms with Crippen molar-refractivity contribution in [3.05, 3.63) is 102 Å². The molecule has 1 saturated carbocycles. The molecule has 1 aliphatic rings. The fourth-order valence-corrected chi connectivity index (χ4v) is 7.30. The summed E-state index contributed by atoms with van der Waals surface area (Å²) in [6, 6.07) is 11.8. The highest BCUT2D eigenvalue weighted by Crippen LogP contribution is 2.49. The topological polar surface area (TPSA) is 143 Å². The van der Waals surface area contributed by atoms with Gasteiger partial charge in [-0.05, 0) is 80.3 Å². The van der Waals surface area contributed by atoms with E-state index in [9.17, 15) is 17.6 Å². The van der Waals surface area contributed by atoms with Gasteiger partial charge in [0.15, 0.2) is 5.82 Å². The summed E-state index contributed by atoms with van der Waals surface area (Å²) in [6.45, 7) is 3.32. The van der Waals surface area contributed by atoms with Crippen LogP contribution in [-0.2, 0) is 15.6 Å². The Morgan fingerprint density at radius 1 is 1.06 bits per heavy atom. The summed E-state index contributed by atoms with van der Waals surface area (Å²) in [5.41, 5.74) is 0.775. The van der Waals surface area contributed by atoms with Crippen molar-refractivity contribution in [1.29, 1.82) is 0 Å². The summed E-state index contributed by atoms with van der Waals surface area (Å²) in [5, 5.41) is 3.06. The molecule has 3 heterocycles. The molecule has 6 aromatic rings. The molecule has 0 aliphatic heterocycles. The van der Waals surface area contributed by atoms with Crippen LogP contribution in [0.4, 0.5) is 14.5 Å². The molecule has 3 aromatic heterocycles. The fraction of sp³-hybridized carbons (Fsp3) is 0.222. The van der Waals surface area contributed by atoms with Crippen molar-refractivity contribution in [2.75, 3.05) is 24.2 Å². The van der Waals surface area contributed by atoms with Crippen LogP contribution in [0.3, 0.4) is 0 Å². The molecule has 50 heavy (non-hydrogen) atoms. The highest BCUT2D eigenvalue weighted by molar-refractivity contribution is 7.92. The molecule has 0 atom stereocenters. The SMILES string of the molecule is CCN(c1cc2oc(-c3ccc(F)cc3)c(-c3ncc[nH]3)c2c(F)c1-c1cc(C(=O)NC2(c3ncccn3)CC2)c(OC)cc1C)S(C)(=O)=O. The largest absolute Gasteiger partial charge is 0.496 e. The average Bonchev–Trinajstić information content (AvgIpc) is 3.48. The number of ether oxygens (including phenoxy) is 1. The average molecular weight is 699 g/mol. The van der Waals surface area contributed by atoms with Crippen LogP contribution in [0.2, 0.25) is 0 Å². The number of furan rings is 1. The van der Waals surface area contributed by atoms with Crippen LogP contribution in [0.1, 0.15) is 41.5 Å². The fourth-order valence-electron chi connectivity index (χ4n) is 6.33. The summed E-state index contributed by atoms with van der Waals surface area (Å²) < 4.78 is 70.9. The van der Waals surface area contributed by atoms with Crippen molar-refractivity contribution in [1.82, 2.24) is 25.3 Å². The first-order valence-electron chi connectivity index (χ1n) is 15.8. The monoisotopic (exact) mass is 698 g/mol. The first-order chi connectivity index (χ1) is 24.0. The Morgan fingerprint density at radius 3 is 2.38 bits per heavy atom. The number of fused-ring (bicyclic) bond motifs is 1. The summed E-state index contributed by atoms with van der Waals surface area (Å²) >= 11 is 0. The van der Waals surface area contributed by atoms with Crippen LogP contribution in [0, 0.1) is 18.6 Å². The van der Waals surface area contributed by atoms with Gasteiger partial charge >= 0.3 is 0 Å². The second-order valence-electron chi connectivity index (χ2n) is 12.1. The number of hydrogen-bond donors (Lipinski definition) is 2. The van der Waals surface area contributed by atoms with E-state index in [-0.39, 0.29) is 62.8 Å². The maximum Gasteiger partial charge on any atom is 0.255 e. The van der Waals surface area contributed by atoms with Crippen LogP contribution >= 0.6 is 0 Å². The number of anilines is 1. The molecule has 0 radical (unpaired) electrons. The molecule has 0 spiro atoms. The zero-order valence-corrected chi connectivity index (χ0v) is 28.4. The van der Waals surface area contributed by atoms with Crippen molar-refractivity contribution < 1.29 is 31.1 Å². The van der Waals surface area contributed by atoms with E-state index in [0.717, 1.165) is 10.6 Å². The Labute approximate surface area is 286 Å². The highest BCUT2D eigenvalue weighted by Gasteiger charge is 2.48. The molecule has 7 rings (SSSR count). The lowest BCUT2D eigenvalue weighted by Gasteiger charge is -2.25. The molecular formula is C36H32F2N6O5S. The number of hydrogen-bond acceptors (Lipinski definition) is 8. The Morgan fingerprint density at radius 2 is 1.78 bits per heavy atom. The number of H-pyrrole nitrogens is 1. The zero-order chi connectivity index (χ0) is 35.4. The first kappa shape index (κ1) is 32.9. The Bertz CT molecular complexity index is 2360. The van der Waals surface area contributed by atoms with Gasteiger partial charge < -0.3 is 19.5 Å². The standard InChI is InChI=1S/C36H32F2N6O5S/c1-5-44(50(4,46)47)25-19-27-29(30(33-39-15-16-40-33)32(49-27)21-7-9-22(37)10-8-21)31(38)28(25)23-18-24(26(48-3)17-20(23)2)34(45)43-36(11-12-36)35-41-13-6-14-42-35/h6-10,13-19H,5,11-12H2,1-4H3,(H,39,40)(H,43,45).